The molecule has 1 aliphatic heterocycles. The second-order valence-electron chi connectivity index (χ2n) is 7.26. The van der Waals surface area contributed by atoms with Crippen LogP contribution in [-0.4, -0.2) is 39.4 Å². The fourth-order valence-electron chi connectivity index (χ4n) is 3.74. The van der Waals surface area contributed by atoms with E-state index in [4.69, 9.17) is 26.1 Å². The zero-order valence-electron chi connectivity index (χ0n) is 17.2. The van der Waals surface area contributed by atoms with Gasteiger partial charge >= 0.3 is 0 Å². The number of nitrogens with one attached hydrogen (secondary N) is 2. The van der Waals surface area contributed by atoms with Gasteiger partial charge in [0.25, 0.3) is 0 Å². The van der Waals surface area contributed by atoms with Crippen LogP contribution in [0.1, 0.15) is 30.9 Å². The van der Waals surface area contributed by atoms with Crippen LogP contribution in [0.15, 0.2) is 53.5 Å². The first-order valence-electron chi connectivity index (χ1n) is 10.1. The lowest BCUT2D eigenvalue weighted by atomic mass is 9.74. The lowest BCUT2D eigenvalue weighted by Crippen LogP contribution is -2.48. The van der Waals surface area contributed by atoms with Gasteiger partial charge in [-0.15, -0.1) is 0 Å². The van der Waals surface area contributed by atoms with Crippen molar-refractivity contribution in [3.8, 4) is 5.75 Å². The van der Waals surface area contributed by atoms with Gasteiger partial charge in [-0.05, 0) is 43.5 Å². The van der Waals surface area contributed by atoms with Gasteiger partial charge in [-0.1, -0.05) is 41.9 Å². The van der Waals surface area contributed by atoms with E-state index in [1.807, 2.05) is 36.4 Å². The van der Waals surface area contributed by atoms with Crippen molar-refractivity contribution < 1.29 is 9.47 Å². The molecule has 0 amide bonds. The number of nitrogens with zero attached hydrogens (tertiary/aromatic N) is 1. The number of halogens is 1. The summed E-state index contributed by atoms with van der Waals surface area (Å²) in [5.41, 5.74) is 2.29. The largest absolute Gasteiger partial charge is 0.496 e. The molecule has 2 aromatic rings. The molecular weight excluding hydrogens is 386 g/mol. The molecule has 29 heavy (non-hydrogen) atoms. The summed E-state index contributed by atoms with van der Waals surface area (Å²) in [5, 5.41) is 7.68. The quantitative estimate of drug-likeness (QED) is 0.526. The van der Waals surface area contributed by atoms with Gasteiger partial charge in [-0.2, -0.15) is 0 Å². The maximum absolute atomic E-state index is 6.29. The molecule has 6 heteroatoms. The van der Waals surface area contributed by atoms with Crippen LogP contribution >= 0.6 is 11.6 Å². The van der Waals surface area contributed by atoms with Crippen LogP contribution in [0.3, 0.4) is 0 Å². The van der Waals surface area contributed by atoms with Gasteiger partial charge in [0.05, 0.1) is 13.7 Å². The van der Waals surface area contributed by atoms with Gasteiger partial charge in [0.15, 0.2) is 5.96 Å². The third kappa shape index (κ3) is 5.64. The summed E-state index contributed by atoms with van der Waals surface area (Å²) in [7, 11) is 1.69. The van der Waals surface area contributed by atoms with Gasteiger partial charge in [0.1, 0.15) is 5.75 Å². The Morgan fingerprint density at radius 1 is 1.14 bits per heavy atom. The minimum absolute atomic E-state index is 0.0240. The van der Waals surface area contributed by atoms with E-state index in [-0.39, 0.29) is 5.41 Å². The van der Waals surface area contributed by atoms with E-state index in [9.17, 15) is 0 Å². The molecule has 0 spiro atoms. The third-order valence-corrected chi connectivity index (χ3v) is 5.66. The Labute approximate surface area is 178 Å². The smallest absolute Gasteiger partial charge is 0.191 e. The van der Waals surface area contributed by atoms with Crippen molar-refractivity contribution in [1.82, 2.24) is 10.6 Å². The maximum atomic E-state index is 6.29. The number of methoxy groups -OCH3 is 1. The molecule has 0 saturated carbocycles. The first-order chi connectivity index (χ1) is 14.2. The van der Waals surface area contributed by atoms with E-state index < -0.39 is 0 Å². The van der Waals surface area contributed by atoms with Crippen molar-refractivity contribution in [2.24, 2.45) is 4.99 Å². The average molecular weight is 416 g/mol. The highest BCUT2D eigenvalue weighted by Crippen LogP contribution is 2.35. The van der Waals surface area contributed by atoms with Crippen LogP contribution in [0, 0.1) is 0 Å². The fourth-order valence-corrected chi connectivity index (χ4v) is 3.93. The standard InChI is InChI=1S/C23H30ClN3O2/c1-3-25-22(26-16-18-7-4-5-10-21(18)28-2)27-17-23(11-13-29-14-12-23)19-8-6-9-20(24)15-19/h4-10,15H,3,11-14,16-17H2,1-2H3,(H2,25,26,27). The molecule has 1 fully saturated rings. The van der Waals surface area contributed by atoms with Crippen LogP contribution < -0.4 is 15.4 Å². The minimum atomic E-state index is -0.0240. The topological polar surface area (TPSA) is 54.9 Å². The molecule has 1 saturated heterocycles. The van der Waals surface area contributed by atoms with E-state index in [0.29, 0.717) is 6.54 Å². The van der Waals surface area contributed by atoms with Gasteiger partial charge in [0.2, 0.25) is 0 Å². The zero-order chi connectivity index (χ0) is 20.5. The first kappa shape index (κ1) is 21.5. The third-order valence-electron chi connectivity index (χ3n) is 5.43. The van der Waals surface area contributed by atoms with Gasteiger partial charge in [-0.25, -0.2) is 4.99 Å². The molecule has 5 nitrogen and oxygen atoms in total. The number of benzene rings is 2. The number of hydrogen-bond donors (Lipinski definition) is 2. The highest BCUT2D eigenvalue weighted by Gasteiger charge is 2.34. The molecule has 0 atom stereocenters. The SMILES string of the molecule is CCNC(=NCc1ccccc1OC)NCC1(c2cccc(Cl)c2)CCOCC1. The van der Waals surface area contributed by atoms with Crippen LogP contribution in [0.2, 0.25) is 5.02 Å². The predicted octanol–water partition coefficient (Wildman–Crippen LogP) is 4.15. The van der Waals surface area contributed by atoms with Crippen LogP contribution in [-0.2, 0) is 16.7 Å². The number of hydrogen-bond acceptors (Lipinski definition) is 3. The van der Waals surface area contributed by atoms with Crippen molar-refractivity contribution in [2.75, 3.05) is 33.4 Å². The average Bonchev–Trinajstić information content (AvgIpc) is 2.76. The summed E-state index contributed by atoms with van der Waals surface area (Å²) in [6.07, 6.45) is 1.90. The molecule has 0 aromatic heterocycles. The lowest BCUT2D eigenvalue weighted by Gasteiger charge is -2.38. The Hall–Kier alpha value is -2.24. The fraction of sp³-hybridized carbons (Fsp3) is 0.435. The number of ether oxygens (including phenoxy) is 2. The summed E-state index contributed by atoms with van der Waals surface area (Å²) in [6, 6.07) is 16.2. The van der Waals surface area contributed by atoms with E-state index in [1.54, 1.807) is 7.11 Å². The minimum Gasteiger partial charge on any atom is -0.496 e. The molecule has 2 N–H and O–H groups in total. The van der Waals surface area contributed by atoms with Crippen molar-refractivity contribution in [3.63, 3.8) is 0 Å². The van der Waals surface area contributed by atoms with E-state index in [1.165, 1.54) is 5.56 Å². The van der Waals surface area contributed by atoms with E-state index in [2.05, 4.69) is 29.7 Å². The monoisotopic (exact) mass is 415 g/mol. The van der Waals surface area contributed by atoms with Gasteiger partial charge in [0, 0.05) is 42.3 Å². The lowest BCUT2D eigenvalue weighted by molar-refractivity contribution is 0.0514. The van der Waals surface area contributed by atoms with Crippen LogP contribution in [0.4, 0.5) is 0 Å². The second kappa shape index (κ2) is 10.5. The molecular formula is C23H30ClN3O2. The maximum Gasteiger partial charge on any atom is 0.191 e. The van der Waals surface area contributed by atoms with E-state index >= 15 is 0 Å². The molecule has 0 bridgehead atoms. The van der Waals surface area contributed by atoms with Crippen LogP contribution in [0.5, 0.6) is 5.75 Å². The number of guanidine groups is 1. The Morgan fingerprint density at radius 2 is 1.93 bits per heavy atom. The highest BCUT2D eigenvalue weighted by atomic mass is 35.5. The van der Waals surface area contributed by atoms with Gasteiger partial charge in [-0.3, -0.25) is 0 Å². The highest BCUT2D eigenvalue weighted by molar-refractivity contribution is 6.30. The normalized spacial score (nSPS) is 16.3. The van der Waals surface area contributed by atoms with Crippen molar-refractivity contribution in [1.29, 1.82) is 0 Å². The Bertz CT molecular complexity index is 819. The Kier molecular flexibility index (Phi) is 7.78. The number of aliphatic imine (C=N–C) groups is 1. The summed E-state index contributed by atoms with van der Waals surface area (Å²) in [4.78, 5) is 4.78. The summed E-state index contributed by atoms with van der Waals surface area (Å²) in [6.45, 7) is 5.69. The Morgan fingerprint density at radius 3 is 2.66 bits per heavy atom. The van der Waals surface area contributed by atoms with Crippen molar-refractivity contribution in [3.05, 3.63) is 64.7 Å². The Balaban J connectivity index is 1.76. The summed E-state index contributed by atoms with van der Waals surface area (Å²) < 4.78 is 11.1. The second-order valence-corrected chi connectivity index (χ2v) is 7.70. The van der Waals surface area contributed by atoms with Crippen LogP contribution in [0.25, 0.3) is 0 Å². The molecule has 1 heterocycles. The molecule has 3 rings (SSSR count). The van der Waals surface area contributed by atoms with E-state index in [0.717, 1.165) is 61.4 Å². The van der Waals surface area contributed by atoms with Gasteiger partial charge < -0.3 is 20.1 Å². The molecule has 0 unspecified atom stereocenters. The molecule has 156 valence electrons. The molecule has 2 aromatic carbocycles. The van der Waals surface area contributed by atoms with Crippen molar-refractivity contribution in [2.45, 2.75) is 31.7 Å². The summed E-state index contributed by atoms with van der Waals surface area (Å²) >= 11 is 6.29. The zero-order valence-corrected chi connectivity index (χ0v) is 18.0. The summed E-state index contributed by atoms with van der Waals surface area (Å²) in [5.74, 6) is 1.65. The number of rotatable bonds is 7. The number of para-hydroxylation sites is 1. The van der Waals surface area contributed by atoms with Crippen molar-refractivity contribution >= 4 is 17.6 Å². The molecule has 0 aliphatic carbocycles. The molecule has 1 aliphatic rings. The molecule has 0 radical (unpaired) electrons. The first-order valence-corrected chi connectivity index (χ1v) is 10.5. The predicted molar refractivity (Wildman–Crippen MR) is 119 cm³/mol.